The molecule has 2 aromatic carbocycles. The van der Waals surface area contributed by atoms with E-state index in [0.29, 0.717) is 10.7 Å². The number of nitrogens with one attached hydrogen (secondary N) is 2. The van der Waals surface area contributed by atoms with Crippen LogP contribution in [0.5, 0.6) is 0 Å². The van der Waals surface area contributed by atoms with E-state index in [2.05, 4.69) is 26.6 Å². The summed E-state index contributed by atoms with van der Waals surface area (Å²) in [5.41, 5.74) is 1.50. The molecule has 1 atom stereocenters. The number of hydrogen-bond donors (Lipinski definition) is 2. The Morgan fingerprint density at radius 3 is 2.45 bits per heavy atom. The number of rotatable bonds is 4. The second-order valence-corrected chi connectivity index (χ2v) is 5.66. The maximum Gasteiger partial charge on any atom is 0.246 e. The van der Waals surface area contributed by atoms with Crippen LogP contribution in [0.25, 0.3) is 0 Å². The highest BCUT2D eigenvalue weighted by Gasteiger charge is 2.13. The Hall–Kier alpha value is -1.52. The SMILES string of the molecule is C[C@@H](Nc1ccc(Br)cc1)C(=O)Nc1ccccc1Cl. The molecular formula is C15H14BrClN2O. The lowest BCUT2D eigenvalue weighted by Gasteiger charge is -2.16. The highest BCUT2D eigenvalue weighted by Crippen LogP contribution is 2.21. The van der Waals surface area contributed by atoms with Crippen LogP contribution in [-0.4, -0.2) is 11.9 Å². The van der Waals surface area contributed by atoms with Gasteiger partial charge in [0.05, 0.1) is 10.7 Å². The predicted octanol–water partition coefficient (Wildman–Crippen LogP) is 4.54. The van der Waals surface area contributed by atoms with Crippen molar-refractivity contribution < 1.29 is 4.79 Å². The second kappa shape index (κ2) is 6.77. The number of anilines is 2. The fraction of sp³-hybridized carbons (Fsp3) is 0.133. The summed E-state index contributed by atoms with van der Waals surface area (Å²) in [6.45, 7) is 1.80. The Morgan fingerprint density at radius 1 is 1.15 bits per heavy atom. The first-order valence-corrected chi connectivity index (χ1v) is 7.31. The minimum Gasteiger partial charge on any atom is -0.374 e. The van der Waals surface area contributed by atoms with Crippen molar-refractivity contribution in [3.8, 4) is 0 Å². The third kappa shape index (κ3) is 3.99. The van der Waals surface area contributed by atoms with Crippen molar-refractivity contribution in [2.45, 2.75) is 13.0 Å². The summed E-state index contributed by atoms with van der Waals surface area (Å²) in [7, 11) is 0. The fourth-order valence-electron chi connectivity index (χ4n) is 1.67. The first-order valence-electron chi connectivity index (χ1n) is 6.14. The Kier molecular flexibility index (Phi) is 5.04. The van der Waals surface area contributed by atoms with Gasteiger partial charge in [0.2, 0.25) is 5.91 Å². The number of carbonyl (C=O) groups is 1. The maximum atomic E-state index is 12.1. The molecular weight excluding hydrogens is 340 g/mol. The van der Waals surface area contributed by atoms with Crippen LogP contribution >= 0.6 is 27.5 Å². The predicted molar refractivity (Wildman–Crippen MR) is 87.3 cm³/mol. The van der Waals surface area contributed by atoms with Gasteiger partial charge in [0.25, 0.3) is 0 Å². The van der Waals surface area contributed by atoms with E-state index in [9.17, 15) is 4.79 Å². The second-order valence-electron chi connectivity index (χ2n) is 4.34. The lowest BCUT2D eigenvalue weighted by atomic mass is 10.2. The normalized spacial score (nSPS) is 11.8. The van der Waals surface area contributed by atoms with Crippen LogP contribution in [0.1, 0.15) is 6.92 Å². The molecule has 3 nitrogen and oxygen atoms in total. The molecule has 0 radical (unpaired) electrons. The van der Waals surface area contributed by atoms with E-state index >= 15 is 0 Å². The molecule has 0 heterocycles. The summed E-state index contributed by atoms with van der Waals surface area (Å²) in [5.74, 6) is -0.138. The Morgan fingerprint density at radius 2 is 1.80 bits per heavy atom. The van der Waals surface area contributed by atoms with E-state index in [-0.39, 0.29) is 11.9 Å². The van der Waals surface area contributed by atoms with Crippen LogP contribution in [0, 0.1) is 0 Å². The standard InChI is InChI=1S/C15H14BrClN2O/c1-10(18-12-8-6-11(16)7-9-12)15(20)19-14-5-3-2-4-13(14)17/h2-10,18H,1H3,(H,19,20)/t10-/m1/s1. The summed E-state index contributed by atoms with van der Waals surface area (Å²) in [4.78, 5) is 12.1. The van der Waals surface area contributed by atoms with Gasteiger partial charge in [-0.05, 0) is 43.3 Å². The fourth-order valence-corrected chi connectivity index (χ4v) is 2.11. The van der Waals surface area contributed by atoms with E-state index in [0.717, 1.165) is 10.2 Å². The van der Waals surface area contributed by atoms with E-state index in [4.69, 9.17) is 11.6 Å². The van der Waals surface area contributed by atoms with Gasteiger partial charge in [-0.25, -0.2) is 0 Å². The minimum atomic E-state index is -0.368. The average Bonchev–Trinajstić information content (AvgIpc) is 2.44. The van der Waals surface area contributed by atoms with Crippen molar-refractivity contribution in [1.82, 2.24) is 0 Å². The molecule has 0 spiro atoms. The number of hydrogen-bond acceptors (Lipinski definition) is 2. The third-order valence-electron chi connectivity index (χ3n) is 2.75. The summed E-state index contributed by atoms with van der Waals surface area (Å²) >= 11 is 9.38. The molecule has 0 saturated heterocycles. The van der Waals surface area contributed by atoms with Crippen LogP contribution in [0.4, 0.5) is 11.4 Å². The maximum absolute atomic E-state index is 12.1. The molecule has 0 aliphatic heterocycles. The van der Waals surface area contributed by atoms with Gasteiger partial charge in [-0.3, -0.25) is 4.79 Å². The van der Waals surface area contributed by atoms with Crippen molar-refractivity contribution in [2.75, 3.05) is 10.6 Å². The van der Waals surface area contributed by atoms with Crippen molar-refractivity contribution >= 4 is 44.8 Å². The largest absolute Gasteiger partial charge is 0.374 e. The number of amides is 1. The van der Waals surface area contributed by atoms with Crippen LogP contribution in [-0.2, 0) is 4.79 Å². The van der Waals surface area contributed by atoms with Crippen LogP contribution in [0.15, 0.2) is 53.0 Å². The molecule has 0 aliphatic carbocycles. The van der Waals surface area contributed by atoms with Gasteiger partial charge in [-0.2, -0.15) is 0 Å². The zero-order chi connectivity index (χ0) is 14.5. The van der Waals surface area contributed by atoms with Crippen LogP contribution in [0.2, 0.25) is 5.02 Å². The smallest absolute Gasteiger partial charge is 0.246 e. The minimum absolute atomic E-state index is 0.138. The number of para-hydroxylation sites is 1. The molecule has 5 heteroatoms. The van der Waals surface area contributed by atoms with Crippen LogP contribution < -0.4 is 10.6 Å². The number of carbonyl (C=O) groups excluding carboxylic acids is 1. The molecule has 0 saturated carbocycles. The molecule has 2 N–H and O–H groups in total. The summed E-state index contributed by atoms with van der Waals surface area (Å²) in [5, 5.41) is 6.46. The van der Waals surface area contributed by atoms with Crippen molar-refractivity contribution in [3.05, 3.63) is 58.0 Å². The molecule has 0 fully saturated rings. The molecule has 2 aromatic rings. The van der Waals surface area contributed by atoms with Gasteiger partial charge in [-0.15, -0.1) is 0 Å². The number of benzene rings is 2. The monoisotopic (exact) mass is 352 g/mol. The zero-order valence-electron chi connectivity index (χ0n) is 10.9. The Bertz CT molecular complexity index is 601. The lowest BCUT2D eigenvalue weighted by molar-refractivity contribution is -0.116. The van der Waals surface area contributed by atoms with E-state index in [1.165, 1.54) is 0 Å². The molecule has 0 unspecified atom stereocenters. The van der Waals surface area contributed by atoms with E-state index in [1.807, 2.05) is 36.4 Å². The van der Waals surface area contributed by atoms with Crippen LogP contribution in [0.3, 0.4) is 0 Å². The van der Waals surface area contributed by atoms with Crippen molar-refractivity contribution in [1.29, 1.82) is 0 Å². The summed E-state index contributed by atoms with van der Waals surface area (Å²) < 4.78 is 0.997. The van der Waals surface area contributed by atoms with Gasteiger partial charge in [0.15, 0.2) is 0 Å². The molecule has 20 heavy (non-hydrogen) atoms. The van der Waals surface area contributed by atoms with Gasteiger partial charge >= 0.3 is 0 Å². The van der Waals surface area contributed by atoms with Gasteiger partial charge in [0.1, 0.15) is 6.04 Å². The molecule has 0 bridgehead atoms. The van der Waals surface area contributed by atoms with Gasteiger partial charge in [0, 0.05) is 10.2 Å². The highest BCUT2D eigenvalue weighted by atomic mass is 79.9. The van der Waals surface area contributed by atoms with Gasteiger partial charge < -0.3 is 10.6 Å². The summed E-state index contributed by atoms with van der Waals surface area (Å²) in [6.07, 6.45) is 0. The highest BCUT2D eigenvalue weighted by molar-refractivity contribution is 9.10. The van der Waals surface area contributed by atoms with Crippen molar-refractivity contribution in [2.24, 2.45) is 0 Å². The lowest BCUT2D eigenvalue weighted by Crippen LogP contribution is -2.31. The number of halogens is 2. The molecule has 1 amide bonds. The molecule has 104 valence electrons. The Labute approximate surface area is 131 Å². The molecule has 0 aliphatic rings. The zero-order valence-corrected chi connectivity index (χ0v) is 13.2. The third-order valence-corrected chi connectivity index (χ3v) is 3.61. The summed E-state index contributed by atoms with van der Waals surface area (Å²) in [6, 6.07) is 14.4. The first kappa shape index (κ1) is 14.9. The van der Waals surface area contributed by atoms with E-state index < -0.39 is 0 Å². The quantitative estimate of drug-likeness (QED) is 0.847. The van der Waals surface area contributed by atoms with Crippen molar-refractivity contribution in [3.63, 3.8) is 0 Å². The first-order chi connectivity index (χ1) is 9.56. The topological polar surface area (TPSA) is 41.1 Å². The molecule has 2 rings (SSSR count). The molecule has 0 aromatic heterocycles. The Balaban J connectivity index is 1.99. The van der Waals surface area contributed by atoms with E-state index in [1.54, 1.807) is 19.1 Å². The average molecular weight is 354 g/mol. The van der Waals surface area contributed by atoms with Gasteiger partial charge in [-0.1, -0.05) is 39.7 Å².